The number of carbonyl (C=O) groups excluding carboxylic acids is 2. The molecule has 0 unspecified atom stereocenters. The number of thiazole rings is 1. The Bertz CT molecular complexity index is 966. The van der Waals surface area contributed by atoms with Gasteiger partial charge in [0.1, 0.15) is 5.75 Å². The standard InChI is InChI=1S/C20H21N3O3S/c1-12-4-6-14(7-5-12)17(21-13(2)24)11-19(25)23-20-22-16-9-8-15(26-3)10-18(16)27-20/h4-10,17H,11H2,1-3H3,(H,21,24)(H,22,23,25)/t17-/m0/s1. The van der Waals surface area contributed by atoms with Crippen molar-refractivity contribution >= 4 is 38.5 Å². The molecule has 7 heteroatoms. The molecule has 140 valence electrons. The Labute approximate surface area is 161 Å². The highest BCUT2D eigenvalue weighted by atomic mass is 32.1. The molecule has 0 saturated carbocycles. The highest BCUT2D eigenvalue weighted by Crippen LogP contribution is 2.29. The molecule has 0 aliphatic heterocycles. The molecule has 3 rings (SSSR count). The number of carbonyl (C=O) groups is 2. The van der Waals surface area contributed by atoms with Crippen molar-refractivity contribution < 1.29 is 14.3 Å². The van der Waals surface area contributed by atoms with Gasteiger partial charge in [0.25, 0.3) is 0 Å². The van der Waals surface area contributed by atoms with E-state index in [1.54, 1.807) is 7.11 Å². The predicted molar refractivity (Wildman–Crippen MR) is 107 cm³/mol. The summed E-state index contributed by atoms with van der Waals surface area (Å²) in [6, 6.07) is 12.9. The Kier molecular flexibility index (Phi) is 5.71. The first kappa shape index (κ1) is 18.8. The molecule has 2 amide bonds. The second-order valence-corrected chi connectivity index (χ2v) is 7.30. The molecule has 1 aromatic heterocycles. The smallest absolute Gasteiger partial charge is 0.228 e. The molecule has 0 aliphatic rings. The number of amides is 2. The van der Waals surface area contributed by atoms with Gasteiger partial charge in [0.05, 0.1) is 29.8 Å². The fourth-order valence-corrected chi connectivity index (χ4v) is 3.65. The van der Waals surface area contributed by atoms with Crippen LogP contribution in [0.25, 0.3) is 10.2 Å². The average molecular weight is 383 g/mol. The van der Waals surface area contributed by atoms with Crippen LogP contribution in [0.3, 0.4) is 0 Å². The van der Waals surface area contributed by atoms with Crippen LogP contribution in [-0.2, 0) is 9.59 Å². The summed E-state index contributed by atoms with van der Waals surface area (Å²) >= 11 is 1.38. The zero-order chi connectivity index (χ0) is 19.4. The van der Waals surface area contributed by atoms with Crippen molar-refractivity contribution in [2.24, 2.45) is 0 Å². The summed E-state index contributed by atoms with van der Waals surface area (Å²) in [5.74, 6) is 0.356. The third kappa shape index (κ3) is 4.83. The van der Waals surface area contributed by atoms with Crippen molar-refractivity contribution in [3.8, 4) is 5.75 Å². The van der Waals surface area contributed by atoms with Crippen molar-refractivity contribution in [3.63, 3.8) is 0 Å². The van der Waals surface area contributed by atoms with E-state index in [0.29, 0.717) is 5.13 Å². The summed E-state index contributed by atoms with van der Waals surface area (Å²) in [5, 5.41) is 6.19. The minimum Gasteiger partial charge on any atom is -0.497 e. The topological polar surface area (TPSA) is 80.3 Å². The minimum absolute atomic E-state index is 0.127. The molecular formula is C20H21N3O3S. The zero-order valence-corrected chi connectivity index (χ0v) is 16.2. The highest BCUT2D eigenvalue weighted by molar-refractivity contribution is 7.22. The second-order valence-electron chi connectivity index (χ2n) is 6.27. The maximum atomic E-state index is 12.5. The molecule has 0 saturated heterocycles. The molecule has 0 aliphatic carbocycles. The lowest BCUT2D eigenvalue weighted by atomic mass is 10.0. The lowest BCUT2D eigenvalue weighted by Gasteiger charge is -2.18. The van der Waals surface area contributed by atoms with Gasteiger partial charge in [-0.3, -0.25) is 9.59 Å². The van der Waals surface area contributed by atoms with Crippen molar-refractivity contribution in [2.45, 2.75) is 26.3 Å². The summed E-state index contributed by atoms with van der Waals surface area (Å²) in [5.41, 5.74) is 2.81. The summed E-state index contributed by atoms with van der Waals surface area (Å²) in [6.07, 6.45) is 0.127. The molecule has 1 atom stereocenters. The average Bonchev–Trinajstić information content (AvgIpc) is 3.02. The van der Waals surface area contributed by atoms with E-state index in [-0.39, 0.29) is 18.2 Å². The molecule has 2 N–H and O–H groups in total. The van der Waals surface area contributed by atoms with Gasteiger partial charge in [-0.25, -0.2) is 4.98 Å². The maximum Gasteiger partial charge on any atom is 0.228 e. The van der Waals surface area contributed by atoms with Gasteiger partial charge in [0.2, 0.25) is 11.8 Å². The van der Waals surface area contributed by atoms with E-state index in [1.807, 2.05) is 49.4 Å². The zero-order valence-electron chi connectivity index (χ0n) is 15.4. The number of aromatic nitrogens is 1. The Morgan fingerprint density at radius 1 is 1.19 bits per heavy atom. The number of fused-ring (bicyclic) bond motifs is 1. The summed E-state index contributed by atoms with van der Waals surface area (Å²) in [6.45, 7) is 3.44. The van der Waals surface area contributed by atoms with Gasteiger partial charge < -0.3 is 15.4 Å². The molecule has 0 radical (unpaired) electrons. The Hall–Kier alpha value is -2.93. The van der Waals surface area contributed by atoms with Gasteiger partial charge in [0, 0.05) is 6.92 Å². The van der Waals surface area contributed by atoms with Crippen LogP contribution in [0.2, 0.25) is 0 Å². The van der Waals surface area contributed by atoms with Crippen molar-refractivity contribution in [1.29, 1.82) is 0 Å². The third-order valence-corrected chi connectivity index (χ3v) is 5.02. The van der Waals surface area contributed by atoms with Crippen LogP contribution in [0.4, 0.5) is 5.13 Å². The summed E-state index contributed by atoms with van der Waals surface area (Å²) < 4.78 is 6.14. The Balaban J connectivity index is 1.73. The molecule has 0 bridgehead atoms. The van der Waals surface area contributed by atoms with Crippen LogP contribution in [0, 0.1) is 6.92 Å². The molecule has 0 spiro atoms. The van der Waals surface area contributed by atoms with Crippen LogP contribution in [0.5, 0.6) is 5.75 Å². The van der Waals surface area contributed by atoms with Gasteiger partial charge in [-0.15, -0.1) is 0 Å². The first-order chi connectivity index (χ1) is 12.9. The van der Waals surface area contributed by atoms with Crippen molar-refractivity contribution in [2.75, 3.05) is 12.4 Å². The summed E-state index contributed by atoms with van der Waals surface area (Å²) in [7, 11) is 1.61. The highest BCUT2D eigenvalue weighted by Gasteiger charge is 2.18. The molecule has 2 aromatic carbocycles. The molecule has 27 heavy (non-hydrogen) atoms. The minimum atomic E-state index is -0.391. The van der Waals surface area contributed by atoms with E-state index in [0.717, 1.165) is 27.1 Å². The number of benzene rings is 2. The van der Waals surface area contributed by atoms with Crippen LogP contribution >= 0.6 is 11.3 Å². The van der Waals surface area contributed by atoms with E-state index in [2.05, 4.69) is 15.6 Å². The van der Waals surface area contributed by atoms with Crippen molar-refractivity contribution in [3.05, 3.63) is 53.6 Å². The van der Waals surface area contributed by atoms with E-state index in [1.165, 1.54) is 18.3 Å². The molecular weight excluding hydrogens is 362 g/mol. The number of anilines is 1. The molecule has 6 nitrogen and oxygen atoms in total. The predicted octanol–water partition coefficient (Wildman–Crippen LogP) is 3.82. The van der Waals surface area contributed by atoms with Gasteiger partial charge in [-0.05, 0) is 30.7 Å². The lowest BCUT2D eigenvalue weighted by molar-refractivity contribution is -0.120. The second kappa shape index (κ2) is 8.18. The van der Waals surface area contributed by atoms with Crippen LogP contribution < -0.4 is 15.4 Å². The van der Waals surface area contributed by atoms with Crippen molar-refractivity contribution in [1.82, 2.24) is 10.3 Å². The first-order valence-electron chi connectivity index (χ1n) is 8.52. The Morgan fingerprint density at radius 3 is 2.59 bits per heavy atom. The number of rotatable bonds is 6. The van der Waals surface area contributed by atoms with Crippen LogP contribution in [0.15, 0.2) is 42.5 Å². The first-order valence-corrected chi connectivity index (χ1v) is 9.34. The largest absolute Gasteiger partial charge is 0.497 e. The van der Waals surface area contributed by atoms with E-state index in [4.69, 9.17) is 4.74 Å². The SMILES string of the molecule is COc1ccc2nc(NC(=O)C[C@H](NC(C)=O)c3ccc(C)cc3)sc2c1. The monoisotopic (exact) mass is 383 g/mol. The normalized spacial score (nSPS) is 11.8. The van der Waals surface area contributed by atoms with Crippen LogP contribution in [-0.4, -0.2) is 23.9 Å². The van der Waals surface area contributed by atoms with Crippen LogP contribution in [0.1, 0.15) is 30.5 Å². The number of nitrogens with zero attached hydrogens (tertiary/aromatic N) is 1. The number of methoxy groups -OCH3 is 1. The number of ether oxygens (including phenoxy) is 1. The Morgan fingerprint density at radius 2 is 1.93 bits per heavy atom. The molecule has 0 fully saturated rings. The maximum absolute atomic E-state index is 12.5. The fourth-order valence-electron chi connectivity index (χ4n) is 2.74. The summed E-state index contributed by atoms with van der Waals surface area (Å²) in [4.78, 5) is 28.5. The molecule has 1 heterocycles. The number of hydrogen-bond acceptors (Lipinski definition) is 5. The van der Waals surface area contributed by atoms with E-state index >= 15 is 0 Å². The van der Waals surface area contributed by atoms with E-state index in [9.17, 15) is 9.59 Å². The number of nitrogens with one attached hydrogen (secondary N) is 2. The van der Waals surface area contributed by atoms with Gasteiger partial charge in [-0.2, -0.15) is 0 Å². The van der Waals surface area contributed by atoms with Gasteiger partial charge in [-0.1, -0.05) is 41.2 Å². The quantitative estimate of drug-likeness (QED) is 0.678. The van der Waals surface area contributed by atoms with Gasteiger partial charge >= 0.3 is 0 Å². The fraction of sp³-hybridized carbons (Fsp3) is 0.250. The third-order valence-electron chi connectivity index (χ3n) is 4.09. The lowest BCUT2D eigenvalue weighted by Crippen LogP contribution is -2.29. The molecule has 3 aromatic rings. The van der Waals surface area contributed by atoms with E-state index < -0.39 is 6.04 Å². The number of hydrogen-bond donors (Lipinski definition) is 2. The number of aryl methyl sites for hydroxylation is 1. The van der Waals surface area contributed by atoms with Gasteiger partial charge in [0.15, 0.2) is 5.13 Å².